The van der Waals surface area contributed by atoms with Gasteiger partial charge >= 0.3 is 12.1 Å². The van der Waals surface area contributed by atoms with Gasteiger partial charge in [-0.05, 0) is 78.9 Å². The molecule has 0 saturated heterocycles. The molecule has 38 heavy (non-hydrogen) atoms. The number of unbranched alkanes of at least 4 members (excludes halogenated alkanes) is 1. The number of hydrogen-bond donors (Lipinski definition) is 1. The van der Waals surface area contributed by atoms with Gasteiger partial charge < -0.3 is 10.1 Å². The van der Waals surface area contributed by atoms with Crippen LogP contribution in [0.1, 0.15) is 69.1 Å². The second kappa shape index (κ2) is 13.3. The summed E-state index contributed by atoms with van der Waals surface area (Å²) in [5.74, 6) is -0.583. The molecule has 0 spiro atoms. The molecule has 1 amide bonds. The van der Waals surface area contributed by atoms with E-state index in [0.29, 0.717) is 4.88 Å². The van der Waals surface area contributed by atoms with Crippen molar-refractivity contribution in [3.63, 3.8) is 0 Å². The maximum Gasteiger partial charge on any atom is 0.416 e. The Hall–Kier alpha value is -2.78. The van der Waals surface area contributed by atoms with Gasteiger partial charge in [0.2, 0.25) is 0 Å². The fourth-order valence-corrected chi connectivity index (χ4v) is 6.73. The Kier molecular flexibility index (Phi) is 10.4. The van der Waals surface area contributed by atoms with Crippen molar-refractivity contribution in [2.24, 2.45) is 0 Å². The van der Waals surface area contributed by atoms with E-state index < -0.39 is 11.7 Å². The minimum atomic E-state index is -4.36. The van der Waals surface area contributed by atoms with E-state index in [1.807, 2.05) is 26.0 Å². The zero-order valence-electron chi connectivity index (χ0n) is 21.9. The van der Waals surface area contributed by atoms with Gasteiger partial charge in [0.25, 0.3) is 5.91 Å². The van der Waals surface area contributed by atoms with Crippen molar-refractivity contribution >= 4 is 35.0 Å². The fourth-order valence-electron chi connectivity index (χ4n) is 4.20. The van der Waals surface area contributed by atoms with Crippen molar-refractivity contribution < 1.29 is 27.5 Å². The number of alkyl halides is 3. The number of ether oxygens (including phenoxy) is 1. The second-order valence-electron chi connectivity index (χ2n) is 9.04. The Bertz CT molecular complexity index is 1230. The number of thioether (sulfide) groups is 1. The zero-order chi connectivity index (χ0) is 27.9. The molecule has 2 aromatic carbocycles. The molecule has 0 saturated carbocycles. The zero-order valence-corrected chi connectivity index (χ0v) is 23.5. The van der Waals surface area contributed by atoms with Crippen LogP contribution in [0.3, 0.4) is 0 Å². The molecule has 204 valence electrons. The lowest BCUT2D eigenvalue weighted by Gasteiger charge is -2.18. The molecular weight excluding hydrogens is 531 g/mol. The molecule has 1 aromatic heterocycles. The Morgan fingerprint density at radius 3 is 2.29 bits per heavy atom. The third-order valence-corrected chi connectivity index (χ3v) is 8.74. The quantitative estimate of drug-likeness (QED) is 0.188. The van der Waals surface area contributed by atoms with Gasteiger partial charge in [-0.25, -0.2) is 0 Å². The lowest BCUT2D eigenvalue weighted by Crippen LogP contribution is -2.25. The van der Waals surface area contributed by atoms with Crippen LogP contribution in [0, 0.1) is 13.8 Å². The highest BCUT2D eigenvalue weighted by molar-refractivity contribution is 7.99. The number of amides is 1. The third kappa shape index (κ3) is 7.86. The average molecular weight is 564 g/mol. The van der Waals surface area contributed by atoms with Crippen LogP contribution in [0.25, 0.3) is 11.1 Å². The molecule has 0 aliphatic heterocycles. The number of carbonyl (C=O) groups excluding carboxylic acids is 2. The lowest BCUT2D eigenvalue weighted by atomic mass is 9.95. The van der Waals surface area contributed by atoms with Gasteiger partial charge in [0.1, 0.15) is 0 Å². The number of aryl methyl sites for hydroxylation is 2. The van der Waals surface area contributed by atoms with Crippen LogP contribution in [0.2, 0.25) is 0 Å². The summed E-state index contributed by atoms with van der Waals surface area (Å²) in [5, 5.41) is 2.92. The number of methoxy groups -OCH3 is 1. The lowest BCUT2D eigenvalue weighted by molar-refractivity contribution is -0.140. The summed E-state index contributed by atoms with van der Waals surface area (Å²) in [7, 11) is 1.31. The van der Waals surface area contributed by atoms with Crippen LogP contribution >= 0.6 is 23.1 Å². The van der Waals surface area contributed by atoms with Crippen molar-refractivity contribution in [1.82, 2.24) is 5.32 Å². The van der Waals surface area contributed by atoms with E-state index in [1.54, 1.807) is 11.8 Å². The average Bonchev–Trinajstić information content (AvgIpc) is 3.36. The van der Waals surface area contributed by atoms with Crippen LogP contribution in [-0.2, 0) is 15.7 Å². The Labute approximate surface area is 230 Å². The van der Waals surface area contributed by atoms with Crippen molar-refractivity contribution in [3.8, 4) is 11.1 Å². The highest BCUT2D eigenvalue weighted by Crippen LogP contribution is 2.43. The van der Waals surface area contributed by atoms with Gasteiger partial charge in [0.15, 0.2) is 0 Å². The second-order valence-corrected chi connectivity index (χ2v) is 11.4. The van der Waals surface area contributed by atoms with Crippen LogP contribution < -0.4 is 5.32 Å². The molecule has 3 rings (SSSR count). The number of rotatable bonds is 11. The van der Waals surface area contributed by atoms with E-state index in [2.05, 4.69) is 29.1 Å². The number of carbonyl (C=O) groups is 2. The molecule has 0 radical (unpaired) electrons. The third-order valence-electron chi connectivity index (χ3n) is 6.12. The number of hydrogen-bond acceptors (Lipinski definition) is 5. The minimum absolute atomic E-state index is 0.122. The fraction of sp³-hybridized carbons (Fsp3) is 0.379. The maximum atomic E-state index is 13.0. The number of halogens is 3. The van der Waals surface area contributed by atoms with Gasteiger partial charge in [-0.15, -0.1) is 23.1 Å². The van der Waals surface area contributed by atoms with Crippen molar-refractivity contribution in [2.45, 2.75) is 62.8 Å². The van der Waals surface area contributed by atoms with E-state index in [1.165, 1.54) is 30.6 Å². The summed E-state index contributed by atoms with van der Waals surface area (Å²) in [6, 6.07) is 13.3. The number of esters is 1. The first-order chi connectivity index (χ1) is 18.0. The van der Waals surface area contributed by atoms with Crippen molar-refractivity contribution in [3.05, 3.63) is 75.0 Å². The molecule has 1 atom stereocenters. The Morgan fingerprint density at radius 2 is 1.71 bits per heavy atom. The molecule has 1 heterocycles. The number of benzene rings is 2. The first kappa shape index (κ1) is 29.8. The summed E-state index contributed by atoms with van der Waals surface area (Å²) < 4.78 is 43.6. The summed E-state index contributed by atoms with van der Waals surface area (Å²) in [4.78, 5) is 26.6. The number of thiophene rings is 1. The molecule has 0 fully saturated rings. The summed E-state index contributed by atoms with van der Waals surface area (Å²) in [6.07, 6.45) is -1.20. The monoisotopic (exact) mass is 563 g/mol. The standard InChI is InChI=1S/C29H32F3NO3S2/c1-5-6-7-23(24-12-13-25(38-24)28(35)33-15-14-26(34)36-4)37-22-16-18(2)27(19(3)17-22)20-8-10-21(11-9-20)29(30,31)32/h8-13,16-17,23H,5-7,14-15H2,1-4H3,(H,33,35)/t23-/m1/s1. The first-order valence-corrected chi connectivity index (χ1v) is 14.1. The van der Waals surface area contributed by atoms with Crippen LogP contribution in [0.5, 0.6) is 0 Å². The molecule has 0 unspecified atom stereocenters. The van der Waals surface area contributed by atoms with Gasteiger partial charge in [-0.1, -0.05) is 31.9 Å². The molecule has 0 aliphatic rings. The Morgan fingerprint density at radius 1 is 1.05 bits per heavy atom. The van der Waals surface area contributed by atoms with Gasteiger partial charge in [0, 0.05) is 21.6 Å². The van der Waals surface area contributed by atoms with Crippen LogP contribution in [-0.4, -0.2) is 25.5 Å². The van der Waals surface area contributed by atoms with E-state index >= 15 is 0 Å². The largest absolute Gasteiger partial charge is 0.469 e. The first-order valence-electron chi connectivity index (χ1n) is 12.4. The van der Waals surface area contributed by atoms with E-state index in [4.69, 9.17) is 0 Å². The van der Waals surface area contributed by atoms with E-state index in [-0.39, 0.29) is 30.1 Å². The maximum absolute atomic E-state index is 13.0. The van der Waals surface area contributed by atoms with Gasteiger partial charge in [-0.3, -0.25) is 9.59 Å². The topological polar surface area (TPSA) is 55.4 Å². The van der Waals surface area contributed by atoms with Crippen molar-refractivity contribution in [2.75, 3.05) is 13.7 Å². The van der Waals surface area contributed by atoms with E-state index in [9.17, 15) is 22.8 Å². The molecule has 9 heteroatoms. The van der Waals surface area contributed by atoms with Crippen molar-refractivity contribution in [1.29, 1.82) is 0 Å². The highest BCUT2D eigenvalue weighted by atomic mass is 32.2. The smallest absolute Gasteiger partial charge is 0.416 e. The Balaban J connectivity index is 1.78. The summed E-state index contributed by atoms with van der Waals surface area (Å²) in [6.45, 7) is 6.32. The molecule has 3 aromatic rings. The summed E-state index contributed by atoms with van der Waals surface area (Å²) in [5.41, 5.74) is 3.04. The molecule has 0 aliphatic carbocycles. The van der Waals surface area contributed by atoms with E-state index in [0.717, 1.165) is 63.4 Å². The molecule has 0 bridgehead atoms. The molecule has 4 nitrogen and oxygen atoms in total. The molecular formula is C29H32F3NO3S2. The molecule has 1 N–H and O–H groups in total. The van der Waals surface area contributed by atoms with Gasteiger partial charge in [-0.2, -0.15) is 13.2 Å². The normalized spacial score (nSPS) is 12.3. The highest BCUT2D eigenvalue weighted by Gasteiger charge is 2.30. The van der Waals surface area contributed by atoms with Crippen LogP contribution in [0.4, 0.5) is 13.2 Å². The van der Waals surface area contributed by atoms with Gasteiger partial charge in [0.05, 0.1) is 24.0 Å². The predicted octanol–water partition coefficient (Wildman–Crippen LogP) is 8.37. The predicted molar refractivity (Wildman–Crippen MR) is 148 cm³/mol. The summed E-state index contributed by atoms with van der Waals surface area (Å²) >= 11 is 3.19. The SMILES string of the molecule is CCCC[C@@H](Sc1cc(C)c(-c2ccc(C(F)(F)F)cc2)c(C)c1)c1ccc(C(=O)NCCC(=O)OC)s1. The number of nitrogens with one attached hydrogen (secondary N) is 1. The van der Waals surface area contributed by atoms with Crippen LogP contribution in [0.15, 0.2) is 53.4 Å². The minimum Gasteiger partial charge on any atom is -0.469 e.